The summed E-state index contributed by atoms with van der Waals surface area (Å²) < 4.78 is 0. The number of rotatable bonds is 3. The molecule has 3 aromatic heterocycles. The molecule has 2 aliphatic carbocycles. The van der Waals surface area contributed by atoms with Gasteiger partial charge < -0.3 is 5.32 Å². The molecule has 3 atom stereocenters. The third kappa shape index (κ3) is 4.07. The highest BCUT2D eigenvalue weighted by Gasteiger charge is 2.42. The minimum Gasteiger partial charge on any atom is -0.382 e. The number of nitrogens with one attached hydrogen (secondary N) is 1. The Bertz CT molecular complexity index is 2270. The molecule has 5 aromatic rings. The first-order valence-electron chi connectivity index (χ1n) is 15.7. The largest absolute Gasteiger partial charge is 0.382 e. The first kappa shape index (κ1) is 26.0. The molecule has 0 saturated heterocycles. The van der Waals surface area contributed by atoms with Gasteiger partial charge in [-0.15, -0.1) is 0 Å². The molecule has 9 rings (SSSR count). The summed E-state index contributed by atoms with van der Waals surface area (Å²) in [6.07, 6.45) is 24.8. The summed E-state index contributed by atoms with van der Waals surface area (Å²) in [5, 5.41) is 6.96. The van der Waals surface area contributed by atoms with Crippen molar-refractivity contribution in [3.8, 4) is 11.1 Å². The second kappa shape index (κ2) is 10.1. The Morgan fingerprint density at radius 3 is 2.71 bits per heavy atom. The third-order valence-electron chi connectivity index (χ3n) is 9.76. The van der Waals surface area contributed by atoms with E-state index in [-0.39, 0.29) is 17.4 Å². The third-order valence-corrected chi connectivity index (χ3v) is 9.76. The maximum absolute atomic E-state index is 5.31. The topological polar surface area (TPSA) is 63.1 Å². The average Bonchev–Trinajstić information content (AvgIpc) is 3.10. The number of hydrogen-bond acceptors (Lipinski definition) is 5. The zero-order valence-corrected chi connectivity index (χ0v) is 25.0. The highest BCUT2D eigenvalue weighted by Crippen LogP contribution is 2.45. The lowest BCUT2D eigenvalue weighted by Crippen LogP contribution is -2.44. The summed E-state index contributed by atoms with van der Waals surface area (Å²) in [7, 11) is 0. The number of nitrogens with zero attached hydrogens (tertiary/aromatic N) is 4. The predicted octanol–water partition coefficient (Wildman–Crippen LogP) is 8.34. The zero-order valence-electron chi connectivity index (χ0n) is 25.0. The maximum atomic E-state index is 5.31. The molecule has 5 heteroatoms. The molecule has 2 aliphatic heterocycles. The van der Waals surface area contributed by atoms with Crippen LogP contribution < -0.4 is 5.32 Å². The van der Waals surface area contributed by atoms with Crippen LogP contribution in [0.3, 0.4) is 0 Å². The van der Waals surface area contributed by atoms with Crippen LogP contribution in [0.25, 0.3) is 43.8 Å². The number of allylic oxidation sites excluding steroid dienone is 8. The maximum Gasteiger partial charge on any atom is 0.107 e. The molecular formula is C40H31N5. The van der Waals surface area contributed by atoms with Crippen LogP contribution in [0.2, 0.25) is 0 Å². The van der Waals surface area contributed by atoms with Gasteiger partial charge in [-0.05, 0) is 48.8 Å². The van der Waals surface area contributed by atoms with Crippen LogP contribution >= 0.6 is 0 Å². The summed E-state index contributed by atoms with van der Waals surface area (Å²) >= 11 is 0. The molecule has 0 radical (unpaired) electrons. The van der Waals surface area contributed by atoms with Crippen LogP contribution in [0.15, 0.2) is 149 Å². The molecule has 2 aromatic carbocycles. The van der Waals surface area contributed by atoms with Crippen LogP contribution in [-0.4, -0.2) is 33.3 Å². The number of hydrogen-bond donors (Lipinski definition) is 1. The Hall–Kier alpha value is -5.42. The minimum atomic E-state index is -0.284. The van der Waals surface area contributed by atoms with Gasteiger partial charge in [-0.25, -0.2) is 9.97 Å². The Balaban J connectivity index is 1.11. The van der Waals surface area contributed by atoms with Crippen molar-refractivity contribution in [2.24, 2.45) is 10.9 Å². The fourth-order valence-electron chi connectivity index (χ4n) is 7.42. The molecule has 0 fully saturated rings. The normalized spacial score (nSPS) is 23.6. The van der Waals surface area contributed by atoms with Crippen LogP contribution in [0, 0.1) is 5.92 Å². The number of para-hydroxylation sites is 1. The van der Waals surface area contributed by atoms with Gasteiger partial charge in [-0.1, -0.05) is 85.0 Å². The number of pyridine rings is 3. The molecule has 45 heavy (non-hydrogen) atoms. The van der Waals surface area contributed by atoms with Crippen molar-refractivity contribution in [3.05, 3.63) is 150 Å². The highest BCUT2D eigenvalue weighted by molar-refractivity contribution is 6.15. The second-order valence-electron chi connectivity index (χ2n) is 12.4. The lowest BCUT2D eigenvalue weighted by molar-refractivity contribution is 0.432. The Labute approximate surface area is 261 Å². The molecule has 2 unspecified atom stereocenters. The molecule has 216 valence electrons. The fraction of sp³-hybridized carbons (Fsp3) is 0.150. The van der Waals surface area contributed by atoms with Gasteiger partial charge in [0.15, 0.2) is 0 Å². The summed E-state index contributed by atoms with van der Waals surface area (Å²) in [6.45, 7) is 3.07. The van der Waals surface area contributed by atoms with Crippen molar-refractivity contribution >= 4 is 38.9 Å². The summed E-state index contributed by atoms with van der Waals surface area (Å²) in [6, 6.07) is 21.2. The van der Waals surface area contributed by atoms with E-state index in [0.717, 1.165) is 62.5 Å². The smallest absolute Gasteiger partial charge is 0.107 e. The van der Waals surface area contributed by atoms with E-state index in [0.29, 0.717) is 0 Å². The van der Waals surface area contributed by atoms with Crippen molar-refractivity contribution in [1.29, 1.82) is 0 Å². The van der Waals surface area contributed by atoms with E-state index >= 15 is 0 Å². The van der Waals surface area contributed by atoms with Gasteiger partial charge in [0.25, 0.3) is 0 Å². The monoisotopic (exact) mass is 581 g/mol. The van der Waals surface area contributed by atoms with E-state index in [1.807, 2.05) is 30.7 Å². The van der Waals surface area contributed by atoms with E-state index in [4.69, 9.17) is 15.0 Å². The summed E-state index contributed by atoms with van der Waals surface area (Å²) in [4.78, 5) is 19.8. The van der Waals surface area contributed by atoms with Gasteiger partial charge in [0.05, 0.1) is 16.6 Å². The number of benzene rings is 2. The first-order valence-corrected chi connectivity index (χ1v) is 15.7. The van der Waals surface area contributed by atoms with Crippen molar-refractivity contribution in [2.45, 2.75) is 24.8 Å². The van der Waals surface area contributed by atoms with Crippen LogP contribution in [0.4, 0.5) is 0 Å². The quantitative estimate of drug-likeness (QED) is 0.172. The van der Waals surface area contributed by atoms with E-state index in [2.05, 4.69) is 114 Å². The van der Waals surface area contributed by atoms with Crippen molar-refractivity contribution < 1.29 is 0 Å². The van der Waals surface area contributed by atoms with Gasteiger partial charge in [0.2, 0.25) is 0 Å². The highest BCUT2D eigenvalue weighted by atomic mass is 15.0. The van der Waals surface area contributed by atoms with Crippen LogP contribution in [0.5, 0.6) is 0 Å². The summed E-state index contributed by atoms with van der Waals surface area (Å²) in [5.41, 5.74) is 10.9. The molecule has 0 bridgehead atoms. The Morgan fingerprint density at radius 1 is 0.889 bits per heavy atom. The lowest BCUT2D eigenvalue weighted by Gasteiger charge is -2.42. The van der Waals surface area contributed by atoms with E-state index in [1.54, 1.807) is 0 Å². The molecular weight excluding hydrogens is 550 g/mol. The molecule has 4 aliphatic rings. The van der Waals surface area contributed by atoms with E-state index in [1.165, 1.54) is 22.4 Å². The average molecular weight is 582 g/mol. The molecule has 0 spiro atoms. The van der Waals surface area contributed by atoms with Crippen molar-refractivity contribution in [1.82, 2.24) is 20.3 Å². The minimum absolute atomic E-state index is 0.189. The molecule has 0 saturated carbocycles. The van der Waals surface area contributed by atoms with Crippen LogP contribution in [0.1, 0.15) is 25.0 Å². The standard InChI is InChI=1S/C40H31N5/c1-40-29(8-5-22-43-40)23-33(30-10-6-21-42-39(30)40)25-12-14-26(15-13-25)34-19-17-27-16-18-32-36(28-7-4-20-41-24-28)31-9-2-3-11-35(31)45-38(32)37(27)44-34/h2-14,16-20,22-24,26,29,42H,15,21H2,1H3/t26?,29?,40-/m0/s1. The van der Waals surface area contributed by atoms with Gasteiger partial charge in [-0.3, -0.25) is 9.98 Å². The number of fused-ring (bicyclic) bond motifs is 6. The van der Waals surface area contributed by atoms with Gasteiger partial charge in [0.1, 0.15) is 5.54 Å². The van der Waals surface area contributed by atoms with E-state index < -0.39 is 0 Å². The Morgan fingerprint density at radius 2 is 1.82 bits per heavy atom. The second-order valence-corrected chi connectivity index (χ2v) is 12.4. The number of aliphatic imine (C=N–C) groups is 1. The number of dihydropyridines is 2. The van der Waals surface area contributed by atoms with Gasteiger partial charge in [-0.2, -0.15) is 0 Å². The van der Waals surface area contributed by atoms with Crippen LogP contribution in [-0.2, 0) is 0 Å². The fourth-order valence-corrected chi connectivity index (χ4v) is 7.42. The Kier molecular flexibility index (Phi) is 5.82. The summed E-state index contributed by atoms with van der Waals surface area (Å²) in [5.74, 6) is 0.409. The molecule has 1 N–H and O–H groups in total. The molecule has 5 nitrogen and oxygen atoms in total. The van der Waals surface area contributed by atoms with E-state index in [9.17, 15) is 0 Å². The number of aromatic nitrogens is 3. The van der Waals surface area contributed by atoms with Gasteiger partial charge >= 0.3 is 0 Å². The predicted molar refractivity (Wildman–Crippen MR) is 184 cm³/mol. The molecule has 5 heterocycles. The molecule has 0 amide bonds. The first-order chi connectivity index (χ1) is 22.2. The van der Waals surface area contributed by atoms with Gasteiger partial charge in [0, 0.05) is 81.2 Å². The van der Waals surface area contributed by atoms with Crippen molar-refractivity contribution in [2.75, 3.05) is 6.54 Å². The van der Waals surface area contributed by atoms with Crippen molar-refractivity contribution in [3.63, 3.8) is 0 Å². The lowest BCUT2D eigenvalue weighted by atomic mass is 9.71. The zero-order chi connectivity index (χ0) is 30.0. The SMILES string of the molecule is C[C@]12N=CC=CC1C=C(C1=CCC(c3ccc4ccc5c(-c6cccnc6)c6ccccc6nc5c4n3)C=C1)C1=C2NCC=C1.